The molecular formula is C21H26O3. The molecule has 0 radical (unpaired) electrons. The molecule has 0 amide bonds. The zero-order valence-electron chi connectivity index (χ0n) is 14.5. The molecule has 0 aliphatic rings. The van der Waals surface area contributed by atoms with Crippen LogP contribution >= 0.6 is 0 Å². The molecule has 2 aromatic rings. The molecule has 0 atom stereocenters. The molecule has 3 heteroatoms. The third-order valence-corrected chi connectivity index (χ3v) is 4.30. The van der Waals surface area contributed by atoms with Crippen molar-refractivity contribution >= 4 is 6.16 Å². The monoisotopic (exact) mass is 326 g/mol. The van der Waals surface area contributed by atoms with Gasteiger partial charge in [-0.05, 0) is 42.0 Å². The van der Waals surface area contributed by atoms with E-state index in [9.17, 15) is 4.79 Å². The van der Waals surface area contributed by atoms with E-state index >= 15 is 0 Å². The van der Waals surface area contributed by atoms with Gasteiger partial charge in [0.1, 0.15) is 5.75 Å². The maximum atomic E-state index is 11.0. The highest BCUT2D eigenvalue weighted by molar-refractivity contribution is 5.74. The average molecular weight is 326 g/mol. The van der Waals surface area contributed by atoms with Gasteiger partial charge in [0.25, 0.3) is 0 Å². The van der Waals surface area contributed by atoms with E-state index in [1.165, 1.54) is 24.0 Å². The van der Waals surface area contributed by atoms with Crippen molar-refractivity contribution in [2.45, 2.75) is 52.4 Å². The third kappa shape index (κ3) is 4.60. The molecule has 0 bridgehead atoms. The number of benzene rings is 2. The fourth-order valence-corrected chi connectivity index (χ4v) is 3.09. The predicted octanol–water partition coefficient (Wildman–Crippen LogP) is 6.10. The summed E-state index contributed by atoms with van der Waals surface area (Å²) in [5.41, 5.74) is 4.51. The Balaban J connectivity index is 2.43. The second-order valence-corrected chi connectivity index (χ2v) is 5.97. The van der Waals surface area contributed by atoms with E-state index in [0.717, 1.165) is 36.8 Å². The number of hydrogen-bond acceptors (Lipinski definition) is 2. The summed E-state index contributed by atoms with van der Waals surface area (Å²) in [4.78, 5) is 11.0. The Morgan fingerprint density at radius 2 is 1.71 bits per heavy atom. The van der Waals surface area contributed by atoms with Gasteiger partial charge in [0.2, 0.25) is 0 Å². The van der Waals surface area contributed by atoms with E-state index in [-0.39, 0.29) is 0 Å². The number of rotatable bonds is 8. The number of carboxylic acid groups (broad SMARTS) is 1. The fraction of sp³-hybridized carbons (Fsp3) is 0.381. The first-order valence-corrected chi connectivity index (χ1v) is 8.78. The van der Waals surface area contributed by atoms with E-state index in [1.807, 2.05) is 18.2 Å². The van der Waals surface area contributed by atoms with Crippen molar-refractivity contribution in [1.29, 1.82) is 0 Å². The van der Waals surface area contributed by atoms with Gasteiger partial charge in [-0.15, -0.1) is 0 Å². The standard InChI is InChI=1S/C21H26O3/c1-3-5-6-7-13-19-18(14-10-15-20(19)24-21(22)23)17-12-9-8-11-16(17)4-2/h8-12,14-15H,3-7,13H2,1-2H3,(H,22,23). The molecule has 0 aliphatic heterocycles. The van der Waals surface area contributed by atoms with E-state index in [0.29, 0.717) is 5.75 Å². The van der Waals surface area contributed by atoms with Crippen LogP contribution in [0.5, 0.6) is 5.75 Å². The predicted molar refractivity (Wildman–Crippen MR) is 97.8 cm³/mol. The van der Waals surface area contributed by atoms with Crippen LogP contribution in [0.3, 0.4) is 0 Å². The van der Waals surface area contributed by atoms with Crippen LogP contribution in [0.4, 0.5) is 4.79 Å². The minimum Gasteiger partial charge on any atom is -0.449 e. The molecule has 128 valence electrons. The first-order chi connectivity index (χ1) is 11.7. The zero-order valence-corrected chi connectivity index (χ0v) is 14.5. The summed E-state index contributed by atoms with van der Waals surface area (Å²) in [7, 11) is 0. The lowest BCUT2D eigenvalue weighted by molar-refractivity contribution is 0.144. The normalized spacial score (nSPS) is 10.6. The average Bonchev–Trinajstić information content (AvgIpc) is 2.59. The Kier molecular flexibility index (Phi) is 6.86. The summed E-state index contributed by atoms with van der Waals surface area (Å²) in [6.45, 7) is 4.32. The summed E-state index contributed by atoms with van der Waals surface area (Å²) < 4.78 is 5.05. The zero-order chi connectivity index (χ0) is 17.4. The van der Waals surface area contributed by atoms with Crippen LogP contribution in [0.2, 0.25) is 0 Å². The minimum atomic E-state index is -1.26. The summed E-state index contributed by atoms with van der Waals surface area (Å²) in [5.74, 6) is 0.461. The Morgan fingerprint density at radius 1 is 0.958 bits per heavy atom. The van der Waals surface area contributed by atoms with Gasteiger partial charge < -0.3 is 9.84 Å². The second kappa shape index (κ2) is 9.11. The fourth-order valence-electron chi connectivity index (χ4n) is 3.09. The van der Waals surface area contributed by atoms with Crippen molar-refractivity contribution < 1.29 is 14.6 Å². The van der Waals surface area contributed by atoms with E-state index < -0.39 is 6.16 Å². The minimum absolute atomic E-state index is 0.461. The van der Waals surface area contributed by atoms with Crippen LogP contribution in [0, 0.1) is 0 Å². The molecule has 1 N–H and O–H groups in total. The summed E-state index contributed by atoms with van der Waals surface area (Å²) in [5, 5.41) is 9.04. The van der Waals surface area contributed by atoms with Gasteiger partial charge in [-0.1, -0.05) is 69.5 Å². The maximum absolute atomic E-state index is 11.0. The lowest BCUT2D eigenvalue weighted by Gasteiger charge is -2.16. The van der Waals surface area contributed by atoms with Crippen molar-refractivity contribution in [3.63, 3.8) is 0 Å². The quantitative estimate of drug-likeness (QED) is 0.362. The van der Waals surface area contributed by atoms with Crippen LogP contribution in [0.25, 0.3) is 11.1 Å². The molecule has 2 aromatic carbocycles. The molecule has 0 fully saturated rings. The SMILES string of the molecule is CCCCCCc1c(OC(=O)O)cccc1-c1ccccc1CC. The lowest BCUT2D eigenvalue weighted by Crippen LogP contribution is -2.06. The van der Waals surface area contributed by atoms with Crippen LogP contribution in [-0.2, 0) is 12.8 Å². The highest BCUT2D eigenvalue weighted by atomic mass is 16.7. The van der Waals surface area contributed by atoms with Gasteiger partial charge in [0.05, 0.1) is 0 Å². The number of ether oxygens (including phenoxy) is 1. The summed E-state index contributed by atoms with van der Waals surface area (Å²) >= 11 is 0. The molecule has 0 saturated carbocycles. The number of carbonyl (C=O) groups is 1. The van der Waals surface area contributed by atoms with E-state index in [4.69, 9.17) is 9.84 Å². The largest absolute Gasteiger partial charge is 0.511 e. The first kappa shape index (κ1) is 18.1. The van der Waals surface area contributed by atoms with Crippen LogP contribution in [-0.4, -0.2) is 11.3 Å². The Labute approximate surface area is 144 Å². The molecule has 0 unspecified atom stereocenters. The van der Waals surface area contributed by atoms with E-state index in [1.54, 1.807) is 6.07 Å². The van der Waals surface area contributed by atoms with Crippen LogP contribution in [0.15, 0.2) is 42.5 Å². The molecule has 3 nitrogen and oxygen atoms in total. The maximum Gasteiger partial charge on any atom is 0.511 e. The molecule has 0 spiro atoms. The smallest absolute Gasteiger partial charge is 0.449 e. The lowest BCUT2D eigenvalue weighted by atomic mass is 9.91. The Morgan fingerprint density at radius 3 is 2.42 bits per heavy atom. The topological polar surface area (TPSA) is 46.5 Å². The van der Waals surface area contributed by atoms with Crippen molar-refractivity contribution in [2.24, 2.45) is 0 Å². The van der Waals surface area contributed by atoms with E-state index in [2.05, 4.69) is 32.0 Å². The highest BCUT2D eigenvalue weighted by Gasteiger charge is 2.15. The van der Waals surface area contributed by atoms with Gasteiger partial charge in [-0.25, -0.2) is 4.79 Å². The summed E-state index contributed by atoms with van der Waals surface area (Å²) in [6, 6.07) is 14.0. The first-order valence-electron chi connectivity index (χ1n) is 8.78. The molecule has 2 rings (SSSR count). The molecule has 24 heavy (non-hydrogen) atoms. The molecular weight excluding hydrogens is 300 g/mol. The van der Waals surface area contributed by atoms with Gasteiger partial charge in [-0.2, -0.15) is 0 Å². The van der Waals surface area contributed by atoms with Crippen molar-refractivity contribution in [3.8, 4) is 16.9 Å². The van der Waals surface area contributed by atoms with Crippen LogP contribution < -0.4 is 4.74 Å². The van der Waals surface area contributed by atoms with Crippen LogP contribution in [0.1, 0.15) is 50.7 Å². The number of aryl methyl sites for hydroxylation is 1. The summed E-state index contributed by atoms with van der Waals surface area (Å²) in [6.07, 6.45) is 5.07. The highest BCUT2D eigenvalue weighted by Crippen LogP contribution is 2.34. The molecule has 0 aliphatic carbocycles. The Hall–Kier alpha value is -2.29. The van der Waals surface area contributed by atoms with Gasteiger partial charge in [0.15, 0.2) is 0 Å². The number of unbranched alkanes of at least 4 members (excludes halogenated alkanes) is 3. The van der Waals surface area contributed by atoms with Gasteiger partial charge >= 0.3 is 6.16 Å². The van der Waals surface area contributed by atoms with Crippen molar-refractivity contribution in [3.05, 3.63) is 53.6 Å². The Bertz CT molecular complexity index is 677. The third-order valence-electron chi connectivity index (χ3n) is 4.30. The molecule has 0 heterocycles. The van der Waals surface area contributed by atoms with Gasteiger partial charge in [0, 0.05) is 5.56 Å². The second-order valence-electron chi connectivity index (χ2n) is 5.97. The molecule has 0 aromatic heterocycles. The van der Waals surface area contributed by atoms with Gasteiger partial charge in [-0.3, -0.25) is 0 Å². The van der Waals surface area contributed by atoms with Crippen molar-refractivity contribution in [1.82, 2.24) is 0 Å². The molecule has 0 saturated heterocycles. The van der Waals surface area contributed by atoms with Crippen molar-refractivity contribution in [2.75, 3.05) is 0 Å². The number of hydrogen-bond donors (Lipinski definition) is 1.